The molecule has 1 aliphatic rings. The molecule has 164 valence electrons. The number of anilines is 1. The first-order chi connectivity index (χ1) is 13.8. The average molecular weight is 428 g/mol. The number of hydrogen-bond acceptors (Lipinski definition) is 7. The van der Waals surface area contributed by atoms with Gasteiger partial charge in [-0.15, -0.1) is 0 Å². The van der Waals surface area contributed by atoms with Crippen LogP contribution in [0.2, 0.25) is 0 Å². The predicted molar refractivity (Wildman–Crippen MR) is 99.5 cm³/mol. The second-order valence-corrected chi connectivity index (χ2v) is 7.77. The molecule has 1 atom stereocenters. The number of halogens is 3. The molecule has 1 saturated heterocycles. The van der Waals surface area contributed by atoms with Gasteiger partial charge in [0.25, 0.3) is 0 Å². The highest BCUT2D eigenvalue weighted by Crippen LogP contribution is 2.33. The molecule has 0 spiro atoms. The highest BCUT2D eigenvalue weighted by molar-refractivity contribution is 5.69. The summed E-state index contributed by atoms with van der Waals surface area (Å²) < 4.78 is 49.6. The van der Waals surface area contributed by atoms with Crippen molar-refractivity contribution in [1.29, 1.82) is 5.26 Å². The van der Waals surface area contributed by atoms with Crippen LogP contribution in [0, 0.1) is 11.3 Å². The molecule has 0 saturated carbocycles. The quantitative estimate of drug-likeness (QED) is 0.683. The average Bonchev–Trinajstić information content (AvgIpc) is 2.63. The van der Waals surface area contributed by atoms with Crippen LogP contribution in [0.3, 0.4) is 0 Å². The summed E-state index contributed by atoms with van der Waals surface area (Å²) in [7, 11) is 0. The molecule has 0 N–H and O–H groups in total. The number of carbonyl (C=O) groups is 2. The van der Waals surface area contributed by atoms with Gasteiger partial charge in [-0.25, -0.2) is 9.78 Å². The number of esters is 1. The largest absolute Gasteiger partial charge is 0.464 e. The fraction of sp³-hybridized carbons (Fsp3) is 0.579. The number of alkyl halides is 3. The molecule has 0 bridgehead atoms. The van der Waals surface area contributed by atoms with Crippen LogP contribution in [0.25, 0.3) is 0 Å². The minimum atomic E-state index is -4.71. The summed E-state index contributed by atoms with van der Waals surface area (Å²) >= 11 is 0. The van der Waals surface area contributed by atoms with Gasteiger partial charge in [-0.05, 0) is 26.8 Å². The number of pyridine rings is 1. The van der Waals surface area contributed by atoms with E-state index >= 15 is 0 Å². The molecule has 1 aromatic rings. The van der Waals surface area contributed by atoms with E-state index in [0.717, 1.165) is 6.07 Å². The van der Waals surface area contributed by atoms with Gasteiger partial charge in [0.1, 0.15) is 18.0 Å². The first kappa shape index (κ1) is 23.3. The maximum Gasteiger partial charge on any atom is 0.419 e. The van der Waals surface area contributed by atoms with E-state index in [-0.39, 0.29) is 32.1 Å². The van der Waals surface area contributed by atoms with E-state index in [4.69, 9.17) is 14.7 Å². The van der Waals surface area contributed by atoms with Crippen molar-refractivity contribution in [1.82, 2.24) is 9.88 Å². The minimum absolute atomic E-state index is 0.104. The zero-order valence-corrected chi connectivity index (χ0v) is 17.1. The number of piperazine rings is 1. The Bertz CT molecular complexity index is 846. The molecular weight excluding hydrogens is 405 g/mol. The molecule has 1 aromatic heterocycles. The first-order valence-electron chi connectivity index (χ1n) is 9.17. The summed E-state index contributed by atoms with van der Waals surface area (Å²) in [6.07, 6.45) is -4.65. The fourth-order valence-electron chi connectivity index (χ4n) is 2.93. The third kappa shape index (κ3) is 5.98. The first-order valence-corrected chi connectivity index (χ1v) is 9.17. The lowest BCUT2D eigenvalue weighted by Gasteiger charge is -2.42. The van der Waals surface area contributed by atoms with E-state index in [2.05, 4.69) is 4.98 Å². The fourth-order valence-corrected chi connectivity index (χ4v) is 2.93. The van der Waals surface area contributed by atoms with Crippen molar-refractivity contribution in [3.05, 3.63) is 23.4 Å². The third-order valence-electron chi connectivity index (χ3n) is 4.22. The maximum atomic E-state index is 13.1. The molecule has 1 fully saturated rings. The number of aromatic nitrogens is 1. The van der Waals surface area contributed by atoms with Crippen molar-refractivity contribution in [3.8, 4) is 6.07 Å². The molecule has 0 radical (unpaired) electrons. The summed E-state index contributed by atoms with van der Waals surface area (Å²) in [6.45, 7) is 6.83. The van der Waals surface area contributed by atoms with Gasteiger partial charge < -0.3 is 19.3 Å². The van der Waals surface area contributed by atoms with Crippen LogP contribution in [-0.4, -0.2) is 59.8 Å². The Hall–Kier alpha value is -3.03. The molecule has 11 heteroatoms. The van der Waals surface area contributed by atoms with Crippen LogP contribution in [0.15, 0.2) is 12.3 Å². The van der Waals surface area contributed by atoms with Gasteiger partial charge in [-0.1, -0.05) is 0 Å². The van der Waals surface area contributed by atoms with Gasteiger partial charge in [-0.2, -0.15) is 18.4 Å². The van der Waals surface area contributed by atoms with Crippen molar-refractivity contribution in [2.75, 3.05) is 31.1 Å². The van der Waals surface area contributed by atoms with Crippen molar-refractivity contribution in [2.24, 2.45) is 0 Å². The van der Waals surface area contributed by atoms with Gasteiger partial charge in [0.15, 0.2) is 0 Å². The van der Waals surface area contributed by atoms with Crippen LogP contribution >= 0.6 is 0 Å². The summed E-state index contributed by atoms with van der Waals surface area (Å²) in [6, 6.07) is 2.01. The summed E-state index contributed by atoms with van der Waals surface area (Å²) in [5, 5.41) is 9.13. The summed E-state index contributed by atoms with van der Waals surface area (Å²) in [5.74, 6) is -0.414. The van der Waals surface area contributed by atoms with Crippen LogP contribution in [0.1, 0.15) is 38.8 Å². The molecule has 2 rings (SSSR count). The van der Waals surface area contributed by atoms with E-state index in [9.17, 15) is 22.8 Å². The molecule has 8 nitrogen and oxygen atoms in total. The predicted octanol–water partition coefficient (Wildman–Crippen LogP) is 2.96. The Kier molecular flexibility index (Phi) is 6.80. The highest BCUT2D eigenvalue weighted by Gasteiger charge is 2.37. The monoisotopic (exact) mass is 428 g/mol. The van der Waals surface area contributed by atoms with E-state index in [1.807, 2.05) is 0 Å². The third-order valence-corrected chi connectivity index (χ3v) is 4.22. The Balaban J connectivity index is 2.29. The SMILES string of the molecule is CC(=O)OC[C@H]1CN(C(=O)OC(C)(C)C)CCN1c1cc(C#N)c(C(F)(F)F)cn1. The normalized spacial score (nSPS) is 17.3. The van der Waals surface area contributed by atoms with E-state index < -0.39 is 41.0 Å². The van der Waals surface area contributed by atoms with Crippen LogP contribution in [0.4, 0.5) is 23.8 Å². The zero-order chi connectivity index (χ0) is 22.7. The highest BCUT2D eigenvalue weighted by atomic mass is 19.4. The smallest absolute Gasteiger partial charge is 0.419 e. The molecule has 0 aromatic carbocycles. The van der Waals surface area contributed by atoms with E-state index in [1.54, 1.807) is 31.7 Å². The molecule has 0 unspecified atom stereocenters. The van der Waals surface area contributed by atoms with Gasteiger partial charge >= 0.3 is 18.2 Å². The second kappa shape index (κ2) is 8.77. The van der Waals surface area contributed by atoms with E-state index in [0.29, 0.717) is 6.20 Å². The topological polar surface area (TPSA) is 95.8 Å². The second-order valence-electron chi connectivity index (χ2n) is 7.77. The number of rotatable bonds is 3. The molecule has 1 amide bonds. The van der Waals surface area contributed by atoms with Gasteiger partial charge in [-0.3, -0.25) is 4.79 Å². The number of carbonyl (C=O) groups excluding carboxylic acids is 2. The van der Waals surface area contributed by atoms with Crippen molar-refractivity contribution >= 4 is 17.9 Å². The van der Waals surface area contributed by atoms with Crippen molar-refractivity contribution in [3.63, 3.8) is 0 Å². The molecule has 30 heavy (non-hydrogen) atoms. The van der Waals surface area contributed by atoms with Crippen molar-refractivity contribution < 1.29 is 32.2 Å². The van der Waals surface area contributed by atoms with Gasteiger partial charge in [0.05, 0.1) is 23.2 Å². The number of hydrogen-bond donors (Lipinski definition) is 0. The lowest BCUT2D eigenvalue weighted by molar-refractivity contribution is -0.141. The number of ether oxygens (including phenoxy) is 2. The Labute approximate surface area is 172 Å². The van der Waals surface area contributed by atoms with Gasteiger partial charge in [0, 0.05) is 32.8 Å². The maximum absolute atomic E-state index is 13.1. The molecule has 0 aliphatic carbocycles. The Morgan fingerprint density at radius 2 is 1.97 bits per heavy atom. The lowest BCUT2D eigenvalue weighted by Crippen LogP contribution is -2.57. The number of amides is 1. The lowest BCUT2D eigenvalue weighted by atomic mass is 10.1. The van der Waals surface area contributed by atoms with Crippen LogP contribution in [0.5, 0.6) is 0 Å². The summed E-state index contributed by atoms with van der Waals surface area (Å²) in [5.41, 5.74) is -2.39. The van der Waals surface area contributed by atoms with Crippen molar-refractivity contribution in [2.45, 2.75) is 45.5 Å². The number of nitriles is 1. The number of nitrogens with zero attached hydrogens (tertiary/aromatic N) is 4. The molecular formula is C19H23F3N4O4. The summed E-state index contributed by atoms with van der Waals surface area (Å²) in [4.78, 5) is 30.6. The standard InChI is InChI=1S/C19H23F3N4O4/c1-12(27)29-11-14-10-25(17(28)30-18(2,3)4)5-6-26(14)16-7-13(8-23)15(9-24-16)19(20,21)22/h7,9,14H,5-6,10-11H2,1-4H3/t14-/m1/s1. The van der Waals surface area contributed by atoms with Gasteiger partial charge in [0.2, 0.25) is 0 Å². The zero-order valence-electron chi connectivity index (χ0n) is 17.1. The molecule has 2 heterocycles. The Morgan fingerprint density at radius 3 is 2.50 bits per heavy atom. The molecule has 1 aliphatic heterocycles. The Morgan fingerprint density at radius 1 is 1.30 bits per heavy atom. The van der Waals surface area contributed by atoms with Crippen LogP contribution < -0.4 is 4.90 Å². The van der Waals surface area contributed by atoms with E-state index in [1.165, 1.54) is 11.8 Å². The minimum Gasteiger partial charge on any atom is -0.464 e. The van der Waals surface area contributed by atoms with Crippen LogP contribution in [-0.2, 0) is 20.4 Å².